The number of rotatable bonds is 5. The van der Waals surface area contributed by atoms with Crippen LogP contribution in [0.2, 0.25) is 5.02 Å². The standard InChI is InChI=1S/C17H21ClN2/c1-4-20(16-7-5-6-13(2)10-16)17-9-8-15(18)11-14(17)12-19-3/h5-11,19H,4,12H2,1-3H3. The first-order chi connectivity index (χ1) is 9.65. The molecule has 0 saturated carbocycles. The second kappa shape index (κ2) is 6.78. The molecule has 3 heteroatoms. The van der Waals surface area contributed by atoms with E-state index >= 15 is 0 Å². The molecule has 0 aliphatic carbocycles. The number of hydrogen-bond acceptors (Lipinski definition) is 2. The van der Waals surface area contributed by atoms with Crippen LogP contribution in [0.4, 0.5) is 11.4 Å². The minimum atomic E-state index is 0.777. The van der Waals surface area contributed by atoms with E-state index in [0.29, 0.717) is 0 Å². The van der Waals surface area contributed by atoms with Crippen molar-refractivity contribution >= 4 is 23.0 Å². The molecule has 0 saturated heterocycles. The van der Waals surface area contributed by atoms with E-state index in [9.17, 15) is 0 Å². The van der Waals surface area contributed by atoms with Gasteiger partial charge in [0.05, 0.1) is 0 Å². The summed E-state index contributed by atoms with van der Waals surface area (Å²) >= 11 is 6.13. The predicted molar refractivity (Wildman–Crippen MR) is 88.1 cm³/mol. The SMILES string of the molecule is CCN(c1cccc(C)c1)c1ccc(Cl)cc1CNC. The second-order valence-electron chi connectivity index (χ2n) is 4.89. The molecule has 0 radical (unpaired) electrons. The summed E-state index contributed by atoms with van der Waals surface area (Å²) in [5.41, 5.74) is 4.90. The molecule has 20 heavy (non-hydrogen) atoms. The van der Waals surface area contributed by atoms with Gasteiger partial charge < -0.3 is 10.2 Å². The summed E-state index contributed by atoms with van der Waals surface area (Å²) in [5, 5.41) is 3.99. The van der Waals surface area contributed by atoms with Gasteiger partial charge in [0.1, 0.15) is 0 Å². The minimum absolute atomic E-state index is 0.777. The average Bonchev–Trinajstić information content (AvgIpc) is 2.42. The Morgan fingerprint density at radius 2 is 1.95 bits per heavy atom. The van der Waals surface area contributed by atoms with Gasteiger partial charge in [-0.25, -0.2) is 0 Å². The van der Waals surface area contributed by atoms with Gasteiger partial charge in [-0.15, -0.1) is 0 Å². The molecule has 2 aromatic rings. The van der Waals surface area contributed by atoms with E-state index in [-0.39, 0.29) is 0 Å². The zero-order valence-corrected chi connectivity index (χ0v) is 13.0. The van der Waals surface area contributed by atoms with E-state index in [4.69, 9.17) is 11.6 Å². The highest BCUT2D eigenvalue weighted by Crippen LogP contribution is 2.30. The lowest BCUT2D eigenvalue weighted by Gasteiger charge is -2.26. The molecule has 0 aliphatic rings. The maximum Gasteiger partial charge on any atom is 0.0457 e. The Bertz CT molecular complexity index is 581. The fraction of sp³-hybridized carbons (Fsp3) is 0.294. The van der Waals surface area contributed by atoms with Crippen LogP contribution in [0.15, 0.2) is 42.5 Å². The molecular weight excluding hydrogens is 268 g/mol. The largest absolute Gasteiger partial charge is 0.341 e. The van der Waals surface area contributed by atoms with Gasteiger partial charge in [-0.1, -0.05) is 23.7 Å². The van der Waals surface area contributed by atoms with Crippen molar-refractivity contribution in [2.24, 2.45) is 0 Å². The van der Waals surface area contributed by atoms with Crippen LogP contribution in [-0.2, 0) is 6.54 Å². The van der Waals surface area contributed by atoms with Crippen molar-refractivity contribution in [2.75, 3.05) is 18.5 Å². The third-order valence-electron chi connectivity index (χ3n) is 3.33. The molecule has 2 aromatic carbocycles. The summed E-state index contributed by atoms with van der Waals surface area (Å²) in [6.45, 7) is 6.01. The van der Waals surface area contributed by atoms with Gasteiger partial charge in [0.2, 0.25) is 0 Å². The predicted octanol–water partition coefficient (Wildman–Crippen LogP) is 4.53. The molecule has 0 atom stereocenters. The third-order valence-corrected chi connectivity index (χ3v) is 3.56. The summed E-state index contributed by atoms with van der Waals surface area (Å²) in [4.78, 5) is 2.32. The maximum atomic E-state index is 6.13. The zero-order chi connectivity index (χ0) is 14.5. The van der Waals surface area contributed by atoms with Crippen molar-refractivity contribution in [1.82, 2.24) is 5.32 Å². The third kappa shape index (κ3) is 3.33. The van der Waals surface area contributed by atoms with E-state index in [1.165, 1.54) is 22.5 Å². The van der Waals surface area contributed by atoms with Crippen LogP contribution < -0.4 is 10.2 Å². The highest BCUT2D eigenvalue weighted by Gasteiger charge is 2.12. The lowest BCUT2D eigenvalue weighted by molar-refractivity contribution is 0.813. The Hall–Kier alpha value is -1.51. The van der Waals surface area contributed by atoms with Crippen LogP contribution in [0, 0.1) is 6.92 Å². The highest BCUT2D eigenvalue weighted by molar-refractivity contribution is 6.30. The molecule has 2 nitrogen and oxygen atoms in total. The van der Waals surface area contributed by atoms with Crippen molar-refractivity contribution < 1.29 is 0 Å². The molecule has 0 spiro atoms. The minimum Gasteiger partial charge on any atom is -0.341 e. The van der Waals surface area contributed by atoms with Crippen LogP contribution in [0.5, 0.6) is 0 Å². The van der Waals surface area contributed by atoms with Crippen LogP contribution in [-0.4, -0.2) is 13.6 Å². The van der Waals surface area contributed by atoms with Gasteiger partial charge >= 0.3 is 0 Å². The van der Waals surface area contributed by atoms with Gasteiger partial charge in [0.25, 0.3) is 0 Å². The molecule has 0 unspecified atom stereocenters. The first kappa shape index (κ1) is 14.9. The Morgan fingerprint density at radius 3 is 2.60 bits per heavy atom. The summed E-state index contributed by atoms with van der Waals surface area (Å²) in [5.74, 6) is 0. The molecular formula is C17H21ClN2. The zero-order valence-electron chi connectivity index (χ0n) is 12.3. The maximum absolute atomic E-state index is 6.13. The van der Waals surface area contributed by atoms with Crippen molar-refractivity contribution in [3.8, 4) is 0 Å². The Labute approximate surface area is 126 Å². The number of benzene rings is 2. The number of halogens is 1. The quantitative estimate of drug-likeness (QED) is 0.870. The number of nitrogens with one attached hydrogen (secondary N) is 1. The van der Waals surface area contributed by atoms with E-state index in [2.05, 4.69) is 54.4 Å². The Balaban J connectivity index is 2.46. The van der Waals surface area contributed by atoms with Gasteiger partial charge in [0, 0.05) is 29.5 Å². The molecule has 106 valence electrons. The first-order valence-electron chi connectivity index (χ1n) is 6.93. The molecule has 0 amide bonds. The number of anilines is 2. The van der Waals surface area contributed by atoms with Crippen molar-refractivity contribution in [3.63, 3.8) is 0 Å². The molecule has 0 aromatic heterocycles. The summed E-state index contributed by atoms with van der Waals surface area (Å²) < 4.78 is 0. The van der Waals surface area contributed by atoms with Crippen LogP contribution in [0.3, 0.4) is 0 Å². The first-order valence-corrected chi connectivity index (χ1v) is 7.30. The van der Waals surface area contributed by atoms with E-state index < -0.39 is 0 Å². The average molecular weight is 289 g/mol. The van der Waals surface area contributed by atoms with E-state index in [1.807, 2.05) is 19.2 Å². The molecule has 0 bridgehead atoms. The normalized spacial score (nSPS) is 10.6. The van der Waals surface area contributed by atoms with Crippen molar-refractivity contribution in [2.45, 2.75) is 20.4 Å². The fourth-order valence-corrected chi connectivity index (χ4v) is 2.63. The monoisotopic (exact) mass is 288 g/mol. The highest BCUT2D eigenvalue weighted by atomic mass is 35.5. The van der Waals surface area contributed by atoms with Gasteiger partial charge in [0.15, 0.2) is 0 Å². The van der Waals surface area contributed by atoms with Crippen molar-refractivity contribution in [3.05, 3.63) is 58.6 Å². The Kier molecular flexibility index (Phi) is 5.05. The van der Waals surface area contributed by atoms with Gasteiger partial charge in [-0.3, -0.25) is 0 Å². The molecule has 0 aliphatic heterocycles. The molecule has 0 fully saturated rings. The van der Waals surface area contributed by atoms with Crippen LogP contribution in [0.25, 0.3) is 0 Å². The van der Waals surface area contributed by atoms with Gasteiger partial charge in [-0.2, -0.15) is 0 Å². The lowest BCUT2D eigenvalue weighted by Crippen LogP contribution is -2.19. The summed E-state index contributed by atoms with van der Waals surface area (Å²) in [6, 6.07) is 14.7. The molecule has 2 rings (SSSR count). The van der Waals surface area contributed by atoms with Gasteiger partial charge in [-0.05, 0) is 62.4 Å². The number of nitrogens with zero attached hydrogens (tertiary/aromatic N) is 1. The molecule has 0 heterocycles. The number of hydrogen-bond donors (Lipinski definition) is 1. The topological polar surface area (TPSA) is 15.3 Å². The smallest absolute Gasteiger partial charge is 0.0457 e. The van der Waals surface area contributed by atoms with Crippen LogP contribution >= 0.6 is 11.6 Å². The van der Waals surface area contributed by atoms with Crippen molar-refractivity contribution in [1.29, 1.82) is 0 Å². The van der Waals surface area contributed by atoms with E-state index in [1.54, 1.807) is 0 Å². The number of aryl methyl sites for hydroxylation is 1. The lowest BCUT2D eigenvalue weighted by atomic mass is 10.1. The summed E-state index contributed by atoms with van der Waals surface area (Å²) in [7, 11) is 1.95. The second-order valence-corrected chi connectivity index (χ2v) is 5.32. The summed E-state index contributed by atoms with van der Waals surface area (Å²) in [6.07, 6.45) is 0. The van der Waals surface area contributed by atoms with E-state index in [0.717, 1.165) is 18.1 Å². The Morgan fingerprint density at radius 1 is 1.15 bits per heavy atom. The fourth-order valence-electron chi connectivity index (χ4n) is 2.44. The molecule has 1 N–H and O–H groups in total. The van der Waals surface area contributed by atoms with Crippen LogP contribution in [0.1, 0.15) is 18.1 Å².